The van der Waals surface area contributed by atoms with Crippen LogP contribution in [0.25, 0.3) is 5.57 Å². The van der Waals surface area contributed by atoms with Crippen LogP contribution < -0.4 is 5.32 Å². The quantitative estimate of drug-likeness (QED) is 0.723. The smallest absolute Gasteiger partial charge is 0.244 e. The van der Waals surface area contributed by atoms with E-state index < -0.39 is 0 Å². The normalized spacial score (nSPS) is 13.0. The lowest BCUT2D eigenvalue weighted by Crippen LogP contribution is -2.28. The first-order chi connectivity index (χ1) is 10.1. The van der Waals surface area contributed by atoms with Crippen molar-refractivity contribution in [2.75, 3.05) is 13.2 Å². The van der Waals surface area contributed by atoms with Crippen molar-refractivity contribution in [2.45, 2.75) is 33.1 Å². The van der Waals surface area contributed by atoms with Crippen LogP contribution in [0.2, 0.25) is 0 Å². The van der Waals surface area contributed by atoms with Crippen LogP contribution in [0.5, 0.6) is 0 Å². The number of hydrogen-bond acceptors (Lipinski definition) is 2. The van der Waals surface area contributed by atoms with Gasteiger partial charge in [0.05, 0.1) is 0 Å². The van der Waals surface area contributed by atoms with Crippen LogP contribution in [0.1, 0.15) is 38.7 Å². The van der Waals surface area contributed by atoms with Gasteiger partial charge in [-0.3, -0.25) is 4.79 Å². The van der Waals surface area contributed by atoms with Crippen molar-refractivity contribution in [3.8, 4) is 0 Å². The van der Waals surface area contributed by atoms with Crippen molar-refractivity contribution in [2.24, 2.45) is 5.92 Å². The largest absolute Gasteiger partial charge is 0.396 e. The van der Waals surface area contributed by atoms with E-state index in [1.165, 1.54) is 18.2 Å². The third kappa shape index (κ3) is 6.54. The minimum atomic E-state index is -0.313. The Morgan fingerprint density at radius 1 is 1.43 bits per heavy atom. The predicted octanol–water partition coefficient (Wildman–Crippen LogP) is 3.14. The maximum atomic E-state index is 13.1. The zero-order valence-corrected chi connectivity index (χ0v) is 12.7. The Morgan fingerprint density at radius 2 is 2.19 bits per heavy atom. The molecule has 1 aromatic carbocycles. The summed E-state index contributed by atoms with van der Waals surface area (Å²) in [4.78, 5) is 11.9. The van der Waals surface area contributed by atoms with Crippen LogP contribution in [0.4, 0.5) is 4.39 Å². The van der Waals surface area contributed by atoms with Crippen molar-refractivity contribution in [3.63, 3.8) is 0 Å². The topological polar surface area (TPSA) is 49.3 Å². The molecule has 116 valence electrons. The average Bonchev–Trinajstić information content (AvgIpc) is 2.45. The minimum Gasteiger partial charge on any atom is -0.396 e. The van der Waals surface area contributed by atoms with E-state index in [-0.39, 0.29) is 18.3 Å². The minimum absolute atomic E-state index is 0.138. The first kappa shape index (κ1) is 17.4. The molecule has 0 saturated carbocycles. The molecule has 0 bridgehead atoms. The van der Waals surface area contributed by atoms with E-state index in [4.69, 9.17) is 5.11 Å². The molecule has 1 rings (SSSR count). The van der Waals surface area contributed by atoms with Crippen LogP contribution in [0.15, 0.2) is 30.3 Å². The van der Waals surface area contributed by atoms with E-state index in [0.29, 0.717) is 24.4 Å². The number of rotatable bonds is 8. The molecule has 0 saturated heterocycles. The van der Waals surface area contributed by atoms with Crippen LogP contribution in [-0.2, 0) is 4.79 Å². The Hall–Kier alpha value is -1.68. The molecule has 0 fully saturated rings. The molecular formula is C17H24FNO2. The van der Waals surface area contributed by atoms with E-state index in [1.807, 2.05) is 0 Å². The first-order valence-electron chi connectivity index (χ1n) is 7.39. The average molecular weight is 293 g/mol. The highest BCUT2D eigenvalue weighted by atomic mass is 19.1. The lowest BCUT2D eigenvalue weighted by Gasteiger charge is -2.15. The van der Waals surface area contributed by atoms with E-state index in [1.54, 1.807) is 19.1 Å². The summed E-state index contributed by atoms with van der Waals surface area (Å²) < 4.78 is 13.1. The van der Waals surface area contributed by atoms with E-state index in [9.17, 15) is 9.18 Å². The van der Waals surface area contributed by atoms with Crippen molar-refractivity contribution in [1.82, 2.24) is 5.32 Å². The molecule has 3 nitrogen and oxygen atoms in total. The molecule has 1 unspecified atom stereocenters. The SMILES string of the molecule is CCCC(CCO)CNC(=O)C=C(C)c1cccc(F)c1. The van der Waals surface area contributed by atoms with Crippen molar-refractivity contribution < 1.29 is 14.3 Å². The summed E-state index contributed by atoms with van der Waals surface area (Å²) >= 11 is 0. The lowest BCUT2D eigenvalue weighted by atomic mass is 10.0. The molecule has 2 N–H and O–H groups in total. The van der Waals surface area contributed by atoms with Gasteiger partial charge in [-0.15, -0.1) is 0 Å². The van der Waals surface area contributed by atoms with Gasteiger partial charge in [0.2, 0.25) is 5.91 Å². The summed E-state index contributed by atoms with van der Waals surface area (Å²) in [7, 11) is 0. The van der Waals surface area contributed by atoms with Gasteiger partial charge in [0.15, 0.2) is 0 Å². The molecule has 1 amide bonds. The van der Waals surface area contributed by atoms with Crippen LogP contribution in [0, 0.1) is 11.7 Å². The molecule has 1 aromatic rings. The zero-order chi connectivity index (χ0) is 15.7. The number of carbonyl (C=O) groups excluding carboxylic acids is 1. The van der Waals surface area contributed by atoms with Gasteiger partial charge < -0.3 is 10.4 Å². The van der Waals surface area contributed by atoms with E-state index >= 15 is 0 Å². The molecule has 0 radical (unpaired) electrons. The number of aliphatic hydroxyl groups excluding tert-OH is 1. The second-order valence-corrected chi connectivity index (χ2v) is 5.25. The maximum Gasteiger partial charge on any atom is 0.244 e. The standard InChI is InChI=1S/C17H24FNO2/c1-3-5-14(8-9-20)12-19-17(21)10-13(2)15-6-4-7-16(18)11-15/h4,6-7,10-11,14,20H,3,5,8-9,12H2,1-2H3,(H,19,21). The number of halogens is 1. The zero-order valence-electron chi connectivity index (χ0n) is 12.7. The molecule has 0 aliphatic rings. The predicted molar refractivity (Wildman–Crippen MR) is 83.2 cm³/mol. The van der Waals surface area contributed by atoms with Gasteiger partial charge in [-0.05, 0) is 49.0 Å². The van der Waals surface area contributed by atoms with Crippen molar-refractivity contribution in [1.29, 1.82) is 0 Å². The Bertz CT molecular complexity index is 479. The molecule has 0 aliphatic carbocycles. The highest BCUT2D eigenvalue weighted by Gasteiger charge is 2.08. The summed E-state index contributed by atoms with van der Waals surface area (Å²) in [5.74, 6) is -0.200. The van der Waals surface area contributed by atoms with Crippen LogP contribution >= 0.6 is 0 Å². The lowest BCUT2D eigenvalue weighted by molar-refractivity contribution is -0.116. The fourth-order valence-corrected chi connectivity index (χ4v) is 2.25. The Morgan fingerprint density at radius 3 is 2.81 bits per heavy atom. The van der Waals surface area contributed by atoms with Crippen LogP contribution in [0.3, 0.4) is 0 Å². The fourth-order valence-electron chi connectivity index (χ4n) is 2.25. The number of hydrogen-bond donors (Lipinski definition) is 2. The number of allylic oxidation sites excluding steroid dienone is 1. The van der Waals surface area contributed by atoms with Crippen molar-refractivity contribution in [3.05, 3.63) is 41.7 Å². The Labute approximate surface area is 125 Å². The van der Waals surface area contributed by atoms with Crippen LogP contribution in [-0.4, -0.2) is 24.2 Å². The molecule has 0 aliphatic heterocycles. The van der Waals surface area contributed by atoms with Gasteiger partial charge >= 0.3 is 0 Å². The maximum absolute atomic E-state index is 13.1. The summed E-state index contributed by atoms with van der Waals surface area (Å²) in [6, 6.07) is 6.18. The van der Waals surface area contributed by atoms with Gasteiger partial charge in [0.1, 0.15) is 5.82 Å². The molecule has 21 heavy (non-hydrogen) atoms. The summed E-state index contributed by atoms with van der Waals surface area (Å²) in [6.45, 7) is 4.56. The molecule has 0 aromatic heterocycles. The number of nitrogens with one attached hydrogen (secondary N) is 1. The molecule has 0 spiro atoms. The monoisotopic (exact) mass is 293 g/mol. The van der Waals surface area contributed by atoms with Crippen molar-refractivity contribution >= 4 is 11.5 Å². The molecular weight excluding hydrogens is 269 g/mol. The third-order valence-corrected chi connectivity index (χ3v) is 3.43. The third-order valence-electron chi connectivity index (χ3n) is 3.43. The van der Waals surface area contributed by atoms with Gasteiger partial charge in [0.25, 0.3) is 0 Å². The summed E-state index contributed by atoms with van der Waals surface area (Å²) in [5.41, 5.74) is 1.42. The Balaban J connectivity index is 2.57. The van der Waals surface area contributed by atoms with Gasteiger partial charge in [-0.25, -0.2) is 4.39 Å². The second-order valence-electron chi connectivity index (χ2n) is 5.25. The number of amides is 1. The van der Waals surface area contributed by atoms with Gasteiger partial charge in [0, 0.05) is 19.2 Å². The summed E-state index contributed by atoms with van der Waals surface area (Å²) in [5, 5.41) is 11.8. The molecule has 1 atom stereocenters. The Kier molecular flexibility index (Phi) is 7.69. The van der Waals surface area contributed by atoms with Gasteiger partial charge in [-0.2, -0.15) is 0 Å². The number of carbonyl (C=O) groups is 1. The highest BCUT2D eigenvalue weighted by Crippen LogP contribution is 2.14. The molecule has 4 heteroatoms. The number of aliphatic hydroxyl groups is 1. The summed E-state index contributed by atoms with van der Waals surface area (Å²) in [6.07, 6.45) is 4.18. The van der Waals surface area contributed by atoms with Gasteiger partial charge in [-0.1, -0.05) is 25.5 Å². The second kappa shape index (κ2) is 9.29. The van der Waals surface area contributed by atoms with E-state index in [0.717, 1.165) is 18.4 Å². The van der Waals surface area contributed by atoms with E-state index in [2.05, 4.69) is 12.2 Å². The fraction of sp³-hybridized carbons (Fsp3) is 0.471. The first-order valence-corrected chi connectivity index (χ1v) is 7.39. The highest BCUT2D eigenvalue weighted by molar-refractivity contribution is 5.94. The number of benzene rings is 1. The molecule has 0 heterocycles.